The third kappa shape index (κ3) is 5.52. The van der Waals surface area contributed by atoms with Gasteiger partial charge in [0.15, 0.2) is 11.6 Å². The molecule has 1 amide bonds. The van der Waals surface area contributed by atoms with Gasteiger partial charge in [-0.3, -0.25) is 9.78 Å². The van der Waals surface area contributed by atoms with Crippen molar-refractivity contribution >= 4 is 23.2 Å². The topological polar surface area (TPSA) is 83.5 Å². The minimum absolute atomic E-state index is 0.0590. The number of amides is 1. The molecular formula is C26H23FN6O2. The third-order valence-electron chi connectivity index (χ3n) is 5.61. The third-order valence-corrected chi connectivity index (χ3v) is 5.61. The molecule has 5 rings (SSSR count). The van der Waals surface area contributed by atoms with Gasteiger partial charge in [0.25, 0.3) is 5.91 Å². The molecule has 3 heterocycles. The zero-order chi connectivity index (χ0) is 24.0. The van der Waals surface area contributed by atoms with Crippen molar-refractivity contribution < 1.29 is 13.9 Å². The van der Waals surface area contributed by atoms with E-state index in [9.17, 15) is 9.18 Å². The van der Waals surface area contributed by atoms with Gasteiger partial charge in [0.05, 0.1) is 11.9 Å². The highest BCUT2D eigenvalue weighted by atomic mass is 19.1. The molecule has 1 aliphatic rings. The second kappa shape index (κ2) is 10.2. The van der Waals surface area contributed by atoms with E-state index in [1.165, 1.54) is 12.1 Å². The number of aromatic nitrogens is 3. The van der Waals surface area contributed by atoms with E-state index in [4.69, 9.17) is 4.74 Å². The Bertz CT molecular complexity index is 1280. The van der Waals surface area contributed by atoms with Gasteiger partial charge in [0.2, 0.25) is 0 Å². The number of hydrogen-bond donors (Lipinski definition) is 1. The number of anilines is 3. The maximum atomic E-state index is 13.1. The highest BCUT2D eigenvalue weighted by Gasteiger charge is 2.23. The molecule has 2 aromatic carbocycles. The summed E-state index contributed by atoms with van der Waals surface area (Å²) in [7, 11) is 0. The number of piperazine rings is 1. The van der Waals surface area contributed by atoms with Crippen molar-refractivity contribution in [2.45, 2.75) is 0 Å². The van der Waals surface area contributed by atoms with E-state index in [-0.39, 0.29) is 11.7 Å². The van der Waals surface area contributed by atoms with Gasteiger partial charge in [-0.2, -0.15) is 0 Å². The normalized spacial score (nSPS) is 13.4. The summed E-state index contributed by atoms with van der Waals surface area (Å²) in [5.41, 5.74) is 1.39. The van der Waals surface area contributed by atoms with E-state index in [0.717, 1.165) is 11.5 Å². The lowest BCUT2D eigenvalue weighted by Crippen LogP contribution is -2.49. The highest BCUT2D eigenvalue weighted by Crippen LogP contribution is 2.24. The van der Waals surface area contributed by atoms with Crippen LogP contribution in [0.2, 0.25) is 0 Å². The minimum atomic E-state index is -0.330. The van der Waals surface area contributed by atoms with Crippen molar-refractivity contribution in [3.63, 3.8) is 0 Å². The van der Waals surface area contributed by atoms with Crippen LogP contribution in [0.5, 0.6) is 11.5 Å². The number of pyridine rings is 1. The average Bonchev–Trinajstić information content (AvgIpc) is 2.91. The molecule has 4 aromatic rings. The molecule has 0 bridgehead atoms. The fraction of sp³-hybridized carbons (Fsp3) is 0.154. The molecule has 0 unspecified atom stereocenters. The first-order valence-electron chi connectivity index (χ1n) is 11.2. The highest BCUT2D eigenvalue weighted by molar-refractivity contribution is 5.94. The number of nitrogens with one attached hydrogen (secondary N) is 1. The summed E-state index contributed by atoms with van der Waals surface area (Å²) in [6.07, 6.45) is 3.43. The molecule has 0 atom stereocenters. The summed E-state index contributed by atoms with van der Waals surface area (Å²) in [6.45, 7) is 2.45. The van der Waals surface area contributed by atoms with Gasteiger partial charge in [-0.1, -0.05) is 6.07 Å². The smallest absolute Gasteiger partial charge is 0.254 e. The van der Waals surface area contributed by atoms with Gasteiger partial charge >= 0.3 is 0 Å². The number of benzene rings is 2. The van der Waals surface area contributed by atoms with Crippen LogP contribution in [0.1, 0.15) is 10.4 Å². The average molecular weight is 471 g/mol. The van der Waals surface area contributed by atoms with E-state index < -0.39 is 0 Å². The molecule has 2 aromatic heterocycles. The Balaban J connectivity index is 1.17. The number of carbonyl (C=O) groups is 1. The second-order valence-corrected chi connectivity index (χ2v) is 8.01. The first-order chi connectivity index (χ1) is 17.1. The fourth-order valence-electron chi connectivity index (χ4n) is 3.80. The van der Waals surface area contributed by atoms with Crippen molar-refractivity contribution in [1.29, 1.82) is 0 Å². The summed E-state index contributed by atoms with van der Waals surface area (Å²) in [6, 6.07) is 20.3. The van der Waals surface area contributed by atoms with Crippen LogP contribution in [0.4, 0.5) is 21.7 Å². The van der Waals surface area contributed by atoms with Crippen molar-refractivity contribution in [2.75, 3.05) is 36.4 Å². The molecule has 1 saturated heterocycles. The summed E-state index contributed by atoms with van der Waals surface area (Å²) in [4.78, 5) is 21.1. The lowest BCUT2D eigenvalue weighted by Gasteiger charge is -2.35. The molecule has 0 saturated carbocycles. The number of hydrogen-bond acceptors (Lipinski definition) is 7. The lowest BCUT2D eigenvalue weighted by atomic mass is 10.1. The van der Waals surface area contributed by atoms with Gasteiger partial charge in [-0.15, -0.1) is 10.2 Å². The predicted molar refractivity (Wildman–Crippen MR) is 131 cm³/mol. The number of halogens is 1. The Hall–Kier alpha value is -4.53. The van der Waals surface area contributed by atoms with Crippen molar-refractivity contribution in [2.24, 2.45) is 0 Å². The van der Waals surface area contributed by atoms with Gasteiger partial charge < -0.3 is 19.9 Å². The summed E-state index contributed by atoms with van der Waals surface area (Å²) < 4.78 is 18.9. The Morgan fingerprint density at radius 3 is 2.43 bits per heavy atom. The second-order valence-electron chi connectivity index (χ2n) is 8.01. The first kappa shape index (κ1) is 22.3. The zero-order valence-electron chi connectivity index (χ0n) is 18.8. The van der Waals surface area contributed by atoms with Crippen LogP contribution >= 0.6 is 0 Å². The van der Waals surface area contributed by atoms with Crippen molar-refractivity contribution in [3.8, 4) is 11.5 Å². The summed E-state index contributed by atoms with van der Waals surface area (Å²) >= 11 is 0. The molecule has 1 aliphatic heterocycles. The van der Waals surface area contributed by atoms with Crippen LogP contribution in [0.3, 0.4) is 0 Å². The SMILES string of the molecule is O=C(c1cccc(Oc2ccc(F)cc2)c1)N1CCN(c2ccc(Nc3cccnc3)nn2)CC1. The predicted octanol–water partition coefficient (Wildman–Crippen LogP) is 4.51. The Labute approximate surface area is 202 Å². The quantitative estimate of drug-likeness (QED) is 0.444. The molecule has 1 fully saturated rings. The molecule has 0 radical (unpaired) electrons. The molecule has 8 nitrogen and oxygen atoms in total. The lowest BCUT2D eigenvalue weighted by molar-refractivity contribution is 0.0746. The zero-order valence-corrected chi connectivity index (χ0v) is 18.8. The van der Waals surface area contributed by atoms with Crippen LogP contribution in [-0.2, 0) is 0 Å². The molecular weight excluding hydrogens is 447 g/mol. The van der Waals surface area contributed by atoms with E-state index in [1.54, 1.807) is 48.8 Å². The van der Waals surface area contributed by atoms with E-state index in [1.807, 2.05) is 29.2 Å². The van der Waals surface area contributed by atoms with Crippen molar-refractivity contribution in [1.82, 2.24) is 20.1 Å². The number of nitrogens with zero attached hydrogens (tertiary/aromatic N) is 5. The van der Waals surface area contributed by atoms with Crippen LogP contribution in [0.15, 0.2) is 85.2 Å². The van der Waals surface area contributed by atoms with Gasteiger partial charge in [-0.25, -0.2) is 4.39 Å². The van der Waals surface area contributed by atoms with Gasteiger partial charge in [0.1, 0.15) is 17.3 Å². The molecule has 0 spiro atoms. The standard InChI is InChI=1S/C26H23FN6O2/c27-20-6-8-22(9-7-20)35-23-5-1-3-19(17-23)26(34)33-15-13-32(14-16-33)25-11-10-24(30-31-25)29-21-4-2-12-28-18-21/h1-12,17-18H,13-16H2,(H,29,30). The van der Waals surface area contributed by atoms with E-state index in [2.05, 4.69) is 25.4 Å². The monoisotopic (exact) mass is 470 g/mol. The number of carbonyl (C=O) groups excluding carboxylic acids is 1. The molecule has 176 valence electrons. The Morgan fingerprint density at radius 2 is 1.71 bits per heavy atom. The number of rotatable bonds is 6. The largest absolute Gasteiger partial charge is 0.457 e. The van der Waals surface area contributed by atoms with Crippen LogP contribution < -0.4 is 15.0 Å². The number of ether oxygens (including phenoxy) is 1. The summed E-state index contributed by atoms with van der Waals surface area (Å²) in [5, 5.41) is 11.7. The van der Waals surface area contributed by atoms with Crippen LogP contribution in [-0.4, -0.2) is 52.2 Å². The maximum absolute atomic E-state index is 13.1. The van der Waals surface area contributed by atoms with Gasteiger partial charge in [-0.05, 0) is 66.7 Å². The first-order valence-corrected chi connectivity index (χ1v) is 11.2. The summed E-state index contributed by atoms with van der Waals surface area (Å²) in [5.74, 6) is 2.05. The maximum Gasteiger partial charge on any atom is 0.254 e. The fourth-order valence-corrected chi connectivity index (χ4v) is 3.80. The van der Waals surface area contributed by atoms with Crippen LogP contribution in [0, 0.1) is 5.82 Å². The molecule has 1 N–H and O–H groups in total. The molecule has 9 heteroatoms. The van der Waals surface area contributed by atoms with E-state index >= 15 is 0 Å². The molecule has 35 heavy (non-hydrogen) atoms. The minimum Gasteiger partial charge on any atom is -0.457 e. The van der Waals surface area contributed by atoms with E-state index in [0.29, 0.717) is 49.1 Å². The van der Waals surface area contributed by atoms with Gasteiger partial charge in [0, 0.05) is 37.9 Å². The van der Waals surface area contributed by atoms with Crippen LogP contribution in [0.25, 0.3) is 0 Å². The Morgan fingerprint density at radius 1 is 0.886 bits per heavy atom. The Kier molecular flexibility index (Phi) is 6.47. The van der Waals surface area contributed by atoms with Crippen molar-refractivity contribution in [3.05, 3.63) is 96.6 Å². The molecule has 0 aliphatic carbocycles.